The van der Waals surface area contributed by atoms with E-state index in [1.807, 2.05) is 11.8 Å². The number of imidazole rings is 1. The Morgan fingerprint density at radius 1 is 1.39 bits per heavy atom. The van der Waals surface area contributed by atoms with Crippen LogP contribution in [0.1, 0.15) is 31.8 Å². The van der Waals surface area contributed by atoms with Crippen LogP contribution in [0, 0.1) is 0 Å². The smallest absolute Gasteiger partial charge is 0.128 e. The van der Waals surface area contributed by atoms with E-state index >= 15 is 0 Å². The maximum absolute atomic E-state index is 4.84. The van der Waals surface area contributed by atoms with Crippen molar-refractivity contribution in [2.75, 3.05) is 18.1 Å². The van der Waals surface area contributed by atoms with E-state index in [1.165, 1.54) is 17.1 Å². The van der Waals surface area contributed by atoms with Gasteiger partial charge in [0, 0.05) is 24.1 Å². The number of fused-ring (bicyclic) bond motifs is 1. The van der Waals surface area contributed by atoms with E-state index in [0.29, 0.717) is 12.1 Å². The highest BCUT2D eigenvalue weighted by Gasteiger charge is 2.23. The second kappa shape index (κ2) is 4.94. The van der Waals surface area contributed by atoms with Gasteiger partial charge in [0.15, 0.2) is 0 Å². The van der Waals surface area contributed by atoms with Crippen molar-refractivity contribution in [3.63, 3.8) is 0 Å². The van der Waals surface area contributed by atoms with E-state index in [1.54, 1.807) is 0 Å². The van der Waals surface area contributed by atoms with Gasteiger partial charge in [-0.05, 0) is 26.0 Å². The maximum Gasteiger partial charge on any atom is 0.128 e. The lowest BCUT2D eigenvalue weighted by Gasteiger charge is -2.25. The van der Waals surface area contributed by atoms with Gasteiger partial charge >= 0.3 is 0 Å². The molecule has 3 rings (SSSR count). The zero-order valence-corrected chi connectivity index (χ0v) is 11.7. The average molecular weight is 261 g/mol. The number of thioether (sulfide) groups is 1. The summed E-state index contributed by atoms with van der Waals surface area (Å²) in [6.07, 6.45) is 0. The molecule has 1 fully saturated rings. The van der Waals surface area contributed by atoms with Crippen LogP contribution in [-0.4, -0.2) is 27.6 Å². The maximum atomic E-state index is 4.84. The molecule has 1 aromatic heterocycles. The van der Waals surface area contributed by atoms with Gasteiger partial charge in [0.1, 0.15) is 5.82 Å². The SMILES string of the molecule is CC(C)n1c(C2CSCCN2)nc2ccccc21. The molecule has 96 valence electrons. The lowest BCUT2D eigenvalue weighted by Crippen LogP contribution is -2.32. The number of hydrogen-bond donors (Lipinski definition) is 1. The van der Waals surface area contributed by atoms with E-state index in [-0.39, 0.29) is 0 Å². The van der Waals surface area contributed by atoms with Gasteiger partial charge in [0.2, 0.25) is 0 Å². The molecule has 0 radical (unpaired) electrons. The van der Waals surface area contributed by atoms with E-state index in [2.05, 4.69) is 48.0 Å². The van der Waals surface area contributed by atoms with Gasteiger partial charge in [-0.15, -0.1) is 0 Å². The first-order valence-electron chi connectivity index (χ1n) is 6.55. The predicted octanol–water partition coefficient (Wildman–Crippen LogP) is 2.99. The lowest BCUT2D eigenvalue weighted by atomic mass is 10.2. The minimum Gasteiger partial charge on any atom is -0.324 e. The summed E-state index contributed by atoms with van der Waals surface area (Å²) in [6, 6.07) is 9.26. The highest BCUT2D eigenvalue weighted by Crippen LogP contribution is 2.28. The Balaban J connectivity index is 2.11. The van der Waals surface area contributed by atoms with E-state index in [4.69, 9.17) is 4.98 Å². The summed E-state index contributed by atoms with van der Waals surface area (Å²) in [5.74, 6) is 3.52. The third kappa shape index (κ3) is 2.04. The minimum atomic E-state index is 0.388. The molecule has 18 heavy (non-hydrogen) atoms. The van der Waals surface area contributed by atoms with E-state index in [0.717, 1.165) is 17.8 Å². The van der Waals surface area contributed by atoms with Crippen molar-refractivity contribution in [3.8, 4) is 0 Å². The number of para-hydroxylation sites is 2. The molecule has 1 atom stereocenters. The highest BCUT2D eigenvalue weighted by molar-refractivity contribution is 7.99. The second-order valence-electron chi connectivity index (χ2n) is 5.00. The van der Waals surface area contributed by atoms with Crippen LogP contribution in [0.15, 0.2) is 24.3 Å². The van der Waals surface area contributed by atoms with Crippen molar-refractivity contribution >= 4 is 22.8 Å². The fourth-order valence-electron chi connectivity index (χ4n) is 2.58. The fourth-order valence-corrected chi connectivity index (χ4v) is 3.51. The summed E-state index contributed by atoms with van der Waals surface area (Å²) in [5, 5.41) is 3.59. The zero-order valence-electron chi connectivity index (χ0n) is 10.9. The van der Waals surface area contributed by atoms with Gasteiger partial charge in [-0.25, -0.2) is 4.98 Å². The predicted molar refractivity (Wildman–Crippen MR) is 78.2 cm³/mol. The van der Waals surface area contributed by atoms with Crippen LogP contribution in [0.5, 0.6) is 0 Å². The molecule has 0 spiro atoms. The number of rotatable bonds is 2. The third-order valence-corrected chi connectivity index (χ3v) is 4.43. The average Bonchev–Trinajstić information content (AvgIpc) is 2.79. The van der Waals surface area contributed by atoms with Crippen LogP contribution >= 0.6 is 11.8 Å². The Bertz CT molecular complexity index is 541. The molecular weight excluding hydrogens is 242 g/mol. The molecule has 1 aliphatic rings. The van der Waals surface area contributed by atoms with Crippen LogP contribution in [0.4, 0.5) is 0 Å². The first-order valence-corrected chi connectivity index (χ1v) is 7.71. The standard InChI is InChI=1S/C14H19N3S/c1-10(2)17-13-6-4-3-5-11(13)16-14(17)12-9-18-8-7-15-12/h3-6,10,12,15H,7-9H2,1-2H3. The monoisotopic (exact) mass is 261 g/mol. The van der Waals surface area contributed by atoms with Gasteiger partial charge in [-0.2, -0.15) is 11.8 Å². The first kappa shape index (κ1) is 12.1. The summed E-state index contributed by atoms with van der Waals surface area (Å²) < 4.78 is 2.37. The molecule has 1 aromatic carbocycles. The van der Waals surface area contributed by atoms with Crippen molar-refractivity contribution < 1.29 is 0 Å². The first-order chi connectivity index (χ1) is 8.77. The lowest BCUT2D eigenvalue weighted by molar-refractivity contribution is 0.501. The van der Waals surface area contributed by atoms with Crippen molar-refractivity contribution in [1.82, 2.24) is 14.9 Å². The van der Waals surface area contributed by atoms with Crippen LogP contribution in [-0.2, 0) is 0 Å². The highest BCUT2D eigenvalue weighted by atomic mass is 32.2. The molecule has 1 aliphatic heterocycles. The Kier molecular flexibility index (Phi) is 3.31. The summed E-state index contributed by atoms with van der Waals surface area (Å²) >= 11 is 2.01. The number of hydrogen-bond acceptors (Lipinski definition) is 3. The molecule has 1 N–H and O–H groups in total. The van der Waals surface area contributed by atoms with Crippen LogP contribution < -0.4 is 5.32 Å². The minimum absolute atomic E-state index is 0.388. The van der Waals surface area contributed by atoms with Crippen molar-refractivity contribution in [2.24, 2.45) is 0 Å². The largest absolute Gasteiger partial charge is 0.324 e. The van der Waals surface area contributed by atoms with Crippen molar-refractivity contribution in [3.05, 3.63) is 30.1 Å². The zero-order chi connectivity index (χ0) is 12.5. The molecule has 0 bridgehead atoms. The molecule has 1 unspecified atom stereocenters. The second-order valence-corrected chi connectivity index (χ2v) is 6.15. The molecule has 0 aliphatic carbocycles. The summed E-state index contributed by atoms with van der Waals surface area (Å²) in [4.78, 5) is 4.84. The van der Waals surface area contributed by atoms with Crippen LogP contribution in [0.2, 0.25) is 0 Å². The number of nitrogens with zero attached hydrogens (tertiary/aromatic N) is 2. The van der Waals surface area contributed by atoms with Gasteiger partial charge in [-0.3, -0.25) is 0 Å². The number of benzene rings is 1. The van der Waals surface area contributed by atoms with Gasteiger partial charge in [-0.1, -0.05) is 12.1 Å². The summed E-state index contributed by atoms with van der Waals surface area (Å²) in [7, 11) is 0. The van der Waals surface area contributed by atoms with E-state index in [9.17, 15) is 0 Å². The number of aromatic nitrogens is 2. The normalized spacial score (nSPS) is 20.7. The Labute approximate surface area is 112 Å². The van der Waals surface area contributed by atoms with Gasteiger partial charge in [0.05, 0.1) is 17.1 Å². The topological polar surface area (TPSA) is 29.9 Å². The Morgan fingerprint density at radius 3 is 2.94 bits per heavy atom. The van der Waals surface area contributed by atoms with Crippen molar-refractivity contribution in [2.45, 2.75) is 25.9 Å². The molecule has 0 saturated carbocycles. The van der Waals surface area contributed by atoms with Crippen molar-refractivity contribution in [1.29, 1.82) is 0 Å². The molecule has 1 saturated heterocycles. The Morgan fingerprint density at radius 2 is 2.22 bits per heavy atom. The number of nitrogens with one attached hydrogen (secondary N) is 1. The van der Waals surface area contributed by atoms with Gasteiger partial charge < -0.3 is 9.88 Å². The van der Waals surface area contributed by atoms with Gasteiger partial charge in [0.25, 0.3) is 0 Å². The Hall–Kier alpha value is -1.00. The quantitative estimate of drug-likeness (QED) is 0.901. The summed E-state index contributed by atoms with van der Waals surface area (Å²) in [5.41, 5.74) is 2.36. The molecule has 3 nitrogen and oxygen atoms in total. The van der Waals surface area contributed by atoms with Crippen LogP contribution in [0.25, 0.3) is 11.0 Å². The molecular formula is C14H19N3S. The molecule has 4 heteroatoms. The molecule has 2 heterocycles. The third-order valence-electron chi connectivity index (χ3n) is 3.37. The molecule has 0 amide bonds. The van der Waals surface area contributed by atoms with Crippen LogP contribution in [0.3, 0.4) is 0 Å². The fraction of sp³-hybridized carbons (Fsp3) is 0.500. The summed E-state index contributed by atoms with van der Waals surface area (Å²) in [6.45, 7) is 5.54. The molecule has 2 aromatic rings. The van der Waals surface area contributed by atoms with E-state index < -0.39 is 0 Å².